The summed E-state index contributed by atoms with van der Waals surface area (Å²) in [5.74, 6) is 0.873. The number of rotatable bonds is 9. The van der Waals surface area contributed by atoms with Gasteiger partial charge in [-0.2, -0.15) is 0 Å². The number of hydrogen-bond donors (Lipinski definition) is 2. The summed E-state index contributed by atoms with van der Waals surface area (Å²) in [6, 6.07) is 0. The van der Waals surface area contributed by atoms with E-state index in [0.717, 1.165) is 51.5 Å². The van der Waals surface area contributed by atoms with Crippen molar-refractivity contribution in [2.45, 2.75) is 40.0 Å². The summed E-state index contributed by atoms with van der Waals surface area (Å²) in [5, 5.41) is 7.81. The normalized spacial score (nSPS) is 11.7. The molecule has 0 aliphatic heterocycles. The number of nitrogens with zero attached hydrogens (tertiary/aromatic N) is 2. The highest BCUT2D eigenvalue weighted by Crippen LogP contribution is 2.17. The van der Waals surface area contributed by atoms with Crippen molar-refractivity contribution >= 4 is 17.3 Å². The summed E-state index contributed by atoms with van der Waals surface area (Å²) < 4.78 is 5.03. The highest BCUT2D eigenvalue weighted by Gasteiger charge is 2.05. The number of hydrogen-bond acceptors (Lipinski definition) is 4. The van der Waals surface area contributed by atoms with Gasteiger partial charge in [-0.15, -0.1) is 11.3 Å². The Labute approximate surface area is 132 Å². The lowest BCUT2D eigenvalue weighted by Crippen LogP contribution is -2.38. The van der Waals surface area contributed by atoms with Crippen LogP contribution in [0.5, 0.6) is 0 Å². The molecule has 0 saturated carbocycles. The van der Waals surface area contributed by atoms with E-state index in [1.807, 2.05) is 0 Å². The van der Waals surface area contributed by atoms with E-state index in [9.17, 15) is 0 Å². The van der Waals surface area contributed by atoms with Crippen molar-refractivity contribution in [2.24, 2.45) is 4.99 Å². The van der Waals surface area contributed by atoms with Crippen LogP contribution in [0, 0.1) is 6.92 Å². The number of ether oxygens (including phenoxy) is 1. The van der Waals surface area contributed by atoms with Gasteiger partial charge in [0.05, 0.1) is 10.7 Å². The van der Waals surface area contributed by atoms with Gasteiger partial charge in [0.2, 0.25) is 0 Å². The van der Waals surface area contributed by atoms with Gasteiger partial charge in [0.15, 0.2) is 5.96 Å². The van der Waals surface area contributed by atoms with Gasteiger partial charge in [-0.3, -0.25) is 4.99 Å². The maximum atomic E-state index is 5.03. The number of aliphatic imine (C=N–C) groups is 1. The largest absolute Gasteiger partial charge is 0.385 e. The molecule has 1 aromatic rings. The molecule has 0 aliphatic rings. The second kappa shape index (κ2) is 10.6. The maximum Gasteiger partial charge on any atom is 0.191 e. The Balaban J connectivity index is 2.38. The molecule has 0 bridgehead atoms. The summed E-state index contributed by atoms with van der Waals surface area (Å²) >= 11 is 1.80. The second-order valence-electron chi connectivity index (χ2n) is 4.75. The molecule has 120 valence electrons. The maximum absolute atomic E-state index is 5.03. The Kier molecular flexibility index (Phi) is 9.01. The molecule has 0 spiro atoms. The molecule has 21 heavy (non-hydrogen) atoms. The molecule has 2 N–H and O–H groups in total. The highest BCUT2D eigenvalue weighted by atomic mass is 32.1. The average molecular weight is 312 g/mol. The number of nitrogens with one attached hydrogen (secondary N) is 2. The number of thiazole rings is 1. The minimum Gasteiger partial charge on any atom is -0.385 e. The molecular weight excluding hydrogens is 284 g/mol. The third-order valence-electron chi connectivity index (χ3n) is 3.02. The van der Waals surface area contributed by atoms with Gasteiger partial charge in [0, 0.05) is 44.6 Å². The van der Waals surface area contributed by atoms with Gasteiger partial charge in [0.25, 0.3) is 0 Å². The van der Waals surface area contributed by atoms with Gasteiger partial charge in [-0.25, -0.2) is 4.98 Å². The lowest BCUT2D eigenvalue weighted by molar-refractivity contribution is 0.197. The zero-order valence-electron chi connectivity index (χ0n) is 13.7. The molecule has 1 aromatic heterocycles. The fourth-order valence-corrected chi connectivity index (χ4v) is 2.97. The Morgan fingerprint density at radius 3 is 2.76 bits per heavy atom. The van der Waals surface area contributed by atoms with Gasteiger partial charge < -0.3 is 15.4 Å². The van der Waals surface area contributed by atoms with Gasteiger partial charge in [0.1, 0.15) is 0 Å². The number of methoxy groups -OCH3 is 1. The molecule has 0 aliphatic carbocycles. The molecule has 5 nitrogen and oxygen atoms in total. The predicted octanol–water partition coefficient (Wildman–Crippen LogP) is 2.15. The van der Waals surface area contributed by atoms with Crippen molar-refractivity contribution in [2.75, 3.05) is 33.4 Å². The molecule has 0 radical (unpaired) electrons. The van der Waals surface area contributed by atoms with Crippen LogP contribution in [-0.2, 0) is 17.6 Å². The zero-order chi connectivity index (χ0) is 15.5. The van der Waals surface area contributed by atoms with Gasteiger partial charge in [-0.05, 0) is 26.7 Å². The number of aryl methyl sites for hydroxylation is 2. The first-order chi connectivity index (χ1) is 10.2. The Hall–Kier alpha value is -1.14. The number of guanidine groups is 1. The lowest BCUT2D eigenvalue weighted by atomic mass is 10.3. The lowest BCUT2D eigenvalue weighted by Gasteiger charge is -2.10. The first kappa shape index (κ1) is 17.9. The molecule has 1 heterocycles. The molecule has 1 rings (SSSR count). The van der Waals surface area contributed by atoms with Crippen LogP contribution in [0.3, 0.4) is 0 Å². The Morgan fingerprint density at radius 1 is 1.33 bits per heavy atom. The van der Waals surface area contributed by atoms with Crippen LogP contribution in [0.15, 0.2) is 4.99 Å². The van der Waals surface area contributed by atoms with E-state index in [-0.39, 0.29) is 0 Å². The van der Waals surface area contributed by atoms with Crippen LogP contribution in [0.4, 0.5) is 0 Å². The van der Waals surface area contributed by atoms with Gasteiger partial charge >= 0.3 is 0 Å². The second-order valence-corrected chi connectivity index (χ2v) is 6.04. The molecule has 0 fully saturated rings. The molecule has 6 heteroatoms. The molecule has 0 aromatic carbocycles. The van der Waals surface area contributed by atoms with Crippen molar-refractivity contribution in [3.05, 3.63) is 15.6 Å². The minimum atomic E-state index is 0.751. The molecule has 0 unspecified atom stereocenters. The van der Waals surface area contributed by atoms with Crippen molar-refractivity contribution in [1.82, 2.24) is 15.6 Å². The summed E-state index contributed by atoms with van der Waals surface area (Å²) in [7, 11) is 1.72. The quantitative estimate of drug-likeness (QED) is 0.417. The molecule has 0 saturated heterocycles. The third-order valence-corrected chi connectivity index (χ3v) is 4.10. The average Bonchev–Trinajstić information content (AvgIpc) is 2.83. The molecule has 0 amide bonds. The van der Waals surface area contributed by atoms with Crippen molar-refractivity contribution in [1.29, 1.82) is 0 Å². The van der Waals surface area contributed by atoms with E-state index < -0.39 is 0 Å². The zero-order valence-corrected chi connectivity index (χ0v) is 14.5. The standard InChI is InChI=1S/C15H28N4OS/c1-5-13-12(3)21-14(19-13)8-10-18-15(16-6-2)17-9-7-11-20-4/h5-11H2,1-4H3,(H2,16,17,18). The fraction of sp³-hybridized carbons (Fsp3) is 0.733. The third kappa shape index (κ3) is 6.91. The summed E-state index contributed by atoms with van der Waals surface area (Å²) in [6.07, 6.45) is 2.89. The minimum absolute atomic E-state index is 0.751. The van der Waals surface area contributed by atoms with Crippen LogP contribution in [0.2, 0.25) is 0 Å². The van der Waals surface area contributed by atoms with E-state index in [4.69, 9.17) is 4.74 Å². The highest BCUT2D eigenvalue weighted by molar-refractivity contribution is 7.11. The van der Waals surface area contributed by atoms with Crippen molar-refractivity contribution in [3.8, 4) is 0 Å². The van der Waals surface area contributed by atoms with E-state index in [0.29, 0.717) is 0 Å². The Bertz CT molecular complexity index is 431. The first-order valence-corrected chi connectivity index (χ1v) is 8.49. The van der Waals surface area contributed by atoms with E-state index >= 15 is 0 Å². The summed E-state index contributed by atoms with van der Waals surface area (Å²) in [6.45, 7) is 9.62. The monoisotopic (exact) mass is 312 g/mol. The Morgan fingerprint density at radius 2 is 2.14 bits per heavy atom. The summed E-state index contributed by atoms with van der Waals surface area (Å²) in [4.78, 5) is 10.5. The van der Waals surface area contributed by atoms with Crippen molar-refractivity contribution < 1.29 is 4.74 Å². The predicted molar refractivity (Wildman–Crippen MR) is 90.4 cm³/mol. The topological polar surface area (TPSA) is 58.5 Å². The molecule has 0 atom stereocenters. The van der Waals surface area contributed by atoms with Gasteiger partial charge in [-0.1, -0.05) is 6.92 Å². The summed E-state index contributed by atoms with van der Waals surface area (Å²) in [5.41, 5.74) is 1.23. The fourth-order valence-electron chi connectivity index (χ4n) is 1.95. The van der Waals surface area contributed by atoms with Crippen LogP contribution in [0.1, 0.15) is 35.8 Å². The first-order valence-electron chi connectivity index (χ1n) is 7.67. The van der Waals surface area contributed by atoms with E-state index in [2.05, 4.69) is 41.4 Å². The number of aromatic nitrogens is 1. The molecular formula is C15H28N4OS. The van der Waals surface area contributed by atoms with Crippen molar-refractivity contribution in [3.63, 3.8) is 0 Å². The van der Waals surface area contributed by atoms with Crippen LogP contribution >= 0.6 is 11.3 Å². The van der Waals surface area contributed by atoms with E-state index in [1.165, 1.54) is 15.6 Å². The van der Waals surface area contributed by atoms with E-state index in [1.54, 1.807) is 18.4 Å². The SMILES string of the molecule is CCNC(=NCCCOC)NCCc1nc(CC)c(C)s1. The van der Waals surface area contributed by atoms with Crippen LogP contribution in [0.25, 0.3) is 0 Å². The van der Waals surface area contributed by atoms with Crippen LogP contribution < -0.4 is 10.6 Å². The van der Waals surface area contributed by atoms with Crippen LogP contribution in [-0.4, -0.2) is 44.3 Å². The smallest absolute Gasteiger partial charge is 0.191 e.